The number of fused-ring (bicyclic) bond motifs is 2. The Bertz CT molecular complexity index is 1460. The predicted octanol–water partition coefficient (Wildman–Crippen LogP) is 2.02. The maximum absolute atomic E-state index is 13.9. The van der Waals surface area contributed by atoms with Gasteiger partial charge in [-0.2, -0.15) is 0 Å². The van der Waals surface area contributed by atoms with Crippen LogP contribution in [-0.2, 0) is 21.1 Å². The summed E-state index contributed by atoms with van der Waals surface area (Å²) < 4.78 is 5.83. The molecule has 210 valence electrons. The molecule has 6 rings (SSSR count). The first-order valence-electron chi connectivity index (χ1n) is 13.5. The van der Waals surface area contributed by atoms with Gasteiger partial charge in [0.25, 0.3) is 0 Å². The summed E-state index contributed by atoms with van der Waals surface area (Å²) in [4.78, 5) is 42.9. The van der Waals surface area contributed by atoms with Crippen LogP contribution in [0.5, 0.6) is 5.75 Å². The SMILES string of the molecule is CCOc1ccc(NC(=O)[C@H]2[C@H]3C(=O)N(CCO)C(C(=O)NCn4nnc5ccccc54)C34CC[C@]2(C)S4)cc1. The highest BCUT2D eigenvalue weighted by Gasteiger charge is 2.77. The van der Waals surface area contributed by atoms with Crippen molar-refractivity contribution >= 4 is 46.2 Å². The van der Waals surface area contributed by atoms with Gasteiger partial charge in [0.15, 0.2) is 0 Å². The van der Waals surface area contributed by atoms with Crippen LogP contribution in [-0.4, -0.2) is 78.0 Å². The van der Waals surface area contributed by atoms with Crippen LogP contribution in [0.3, 0.4) is 0 Å². The van der Waals surface area contributed by atoms with Gasteiger partial charge in [0.2, 0.25) is 17.7 Å². The molecule has 3 saturated heterocycles. The Kier molecular flexibility index (Phi) is 6.70. The summed E-state index contributed by atoms with van der Waals surface area (Å²) >= 11 is 1.58. The van der Waals surface area contributed by atoms with Gasteiger partial charge in [-0.15, -0.1) is 16.9 Å². The quantitative estimate of drug-likeness (QED) is 0.359. The zero-order valence-corrected chi connectivity index (χ0v) is 23.2. The van der Waals surface area contributed by atoms with Gasteiger partial charge < -0.3 is 25.4 Å². The van der Waals surface area contributed by atoms with Gasteiger partial charge in [-0.25, -0.2) is 4.68 Å². The van der Waals surface area contributed by atoms with E-state index in [1.54, 1.807) is 40.7 Å². The number of aromatic nitrogens is 3. The molecule has 2 aromatic carbocycles. The van der Waals surface area contributed by atoms with E-state index in [0.717, 1.165) is 5.52 Å². The standard InChI is InChI=1S/C28H32N6O5S/c1-3-39-18-10-8-17(9-11-18)30-24(36)21-22-26(38)33(14-15-35)23(28(22)13-12-27(21,2)40-28)25(37)29-16-34-20-7-5-4-6-19(20)31-32-34/h4-11,21-23,35H,3,12-16H2,1-2H3,(H,29,37)(H,30,36)/t21-,22+,23?,27+,28?/m1/s1. The number of benzene rings is 2. The normalized spacial score (nSPS) is 28.6. The number of likely N-dealkylation sites (tertiary alicyclic amines) is 1. The minimum Gasteiger partial charge on any atom is -0.494 e. The number of carbonyl (C=O) groups excluding carboxylic acids is 3. The minimum atomic E-state index is -0.818. The number of hydrogen-bond donors (Lipinski definition) is 3. The van der Waals surface area contributed by atoms with Gasteiger partial charge in [0, 0.05) is 17.0 Å². The van der Waals surface area contributed by atoms with Crippen molar-refractivity contribution in [1.82, 2.24) is 25.2 Å². The number of anilines is 1. The maximum atomic E-state index is 13.9. The zero-order chi connectivity index (χ0) is 28.1. The van der Waals surface area contributed by atoms with Crippen molar-refractivity contribution in [3.05, 3.63) is 48.5 Å². The molecular weight excluding hydrogens is 532 g/mol. The second kappa shape index (κ2) is 10.1. The minimum absolute atomic E-state index is 0.0198. The molecule has 3 fully saturated rings. The lowest BCUT2D eigenvalue weighted by atomic mass is 9.66. The first kappa shape index (κ1) is 26.6. The van der Waals surface area contributed by atoms with Gasteiger partial charge >= 0.3 is 0 Å². The predicted molar refractivity (Wildman–Crippen MR) is 149 cm³/mol. The number of hydrogen-bond acceptors (Lipinski definition) is 8. The summed E-state index contributed by atoms with van der Waals surface area (Å²) in [6, 6.07) is 13.8. The fraction of sp³-hybridized carbons (Fsp3) is 0.464. The molecule has 0 aliphatic carbocycles. The van der Waals surface area contributed by atoms with Crippen molar-refractivity contribution in [2.75, 3.05) is 25.1 Å². The van der Waals surface area contributed by atoms with E-state index in [1.165, 1.54) is 4.90 Å². The largest absolute Gasteiger partial charge is 0.494 e. The number of ether oxygens (including phenoxy) is 1. The molecule has 12 heteroatoms. The molecule has 11 nitrogen and oxygen atoms in total. The highest BCUT2D eigenvalue weighted by atomic mass is 32.2. The Labute approximate surface area is 235 Å². The van der Waals surface area contributed by atoms with Gasteiger partial charge in [-0.1, -0.05) is 17.3 Å². The van der Waals surface area contributed by atoms with E-state index < -0.39 is 27.4 Å². The molecule has 0 saturated carbocycles. The molecule has 5 atom stereocenters. The summed E-state index contributed by atoms with van der Waals surface area (Å²) in [5.74, 6) is -1.41. The lowest BCUT2D eigenvalue weighted by molar-refractivity contribution is -0.140. The van der Waals surface area contributed by atoms with E-state index in [0.29, 0.717) is 36.4 Å². The van der Waals surface area contributed by atoms with Crippen molar-refractivity contribution in [1.29, 1.82) is 0 Å². The number of nitrogens with zero attached hydrogens (tertiary/aromatic N) is 4. The van der Waals surface area contributed by atoms with Gasteiger partial charge in [0.05, 0.1) is 35.3 Å². The van der Waals surface area contributed by atoms with Crippen molar-refractivity contribution in [2.24, 2.45) is 11.8 Å². The third kappa shape index (κ3) is 4.12. The molecule has 2 bridgehead atoms. The van der Waals surface area contributed by atoms with E-state index in [4.69, 9.17) is 4.74 Å². The second-order valence-electron chi connectivity index (χ2n) is 10.7. The van der Waals surface area contributed by atoms with E-state index >= 15 is 0 Å². The topological polar surface area (TPSA) is 139 Å². The molecule has 2 unspecified atom stereocenters. The number of nitrogens with one attached hydrogen (secondary N) is 2. The van der Waals surface area contributed by atoms with Crippen LogP contribution in [0, 0.1) is 11.8 Å². The molecule has 3 aromatic rings. The van der Waals surface area contributed by atoms with Crippen LogP contribution < -0.4 is 15.4 Å². The van der Waals surface area contributed by atoms with Crippen LogP contribution in [0.25, 0.3) is 11.0 Å². The van der Waals surface area contributed by atoms with Crippen molar-refractivity contribution in [3.8, 4) is 5.75 Å². The smallest absolute Gasteiger partial charge is 0.245 e. The Balaban J connectivity index is 1.26. The monoisotopic (exact) mass is 564 g/mol. The van der Waals surface area contributed by atoms with E-state index in [2.05, 4.69) is 20.9 Å². The van der Waals surface area contributed by atoms with Crippen LogP contribution in [0.1, 0.15) is 26.7 Å². The van der Waals surface area contributed by atoms with E-state index in [1.807, 2.05) is 38.1 Å². The molecule has 4 heterocycles. The second-order valence-corrected chi connectivity index (χ2v) is 12.6. The number of aliphatic hydroxyl groups excluding tert-OH is 1. The van der Waals surface area contributed by atoms with Crippen LogP contribution in [0.15, 0.2) is 48.5 Å². The molecular formula is C28H32N6O5S. The number of thioether (sulfide) groups is 1. The first-order chi connectivity index (χ1) is 19.3. The van der Waals surface area contributed by atoms with E-state index in [-0.39, 0.29) is 37.5 Å². The number of β-amino-alcohol motifs (C(OH)–C–C–N with tert-alkyl or cyclic N) is 1. The maximum Gasteiger partial charge on any atom is 0.245 e. The van der Waals surface area contributed by atoms with Gasteiger partial charge in [-0.05, 0) is 63.1 Å². The summed E-state index contributed by atoms with van der Waals surface area (Å²) in [7, 11) is 0. The van der Waals surface area contributed by atoms with Crippen molar-refractivity contribution in [3.63, 3.8) is 0 Å². The van der Waals surface area contributed by atoms with E-state index in [9.17, 15) is 19.5 Å². The molecule has 3 aliphatic heterocycles. The van der Waals surface area contributed by atoms with Gasteiger partial charge in [-0.3, -0.25) is 14.4 Å². The average Bonchev–Trinajstić information content (AvgIpc) is 3.65. The average molecular weight is 565 g/mol. The molecule has 3 amide bonds. The van der Waals surface area contributed by atoms with Crippen molar-refractivity contribution in [2.45, 2.75) is 48.9 Å². The summed E-state index contributed by atoms with van der Waals surface area (Å²) in [6.45, 7) is 4.29. The Morgan fingerprint density at radius 2 is 1.93 bits per heavy atom. The van der Waals surface area contributed by atoms with Gasteiger partial charge in [0.1, 0.15) is 24.0 Å². The van der Waals surface area contributed by atoms with Crippen molar-refractivity contribution < 1.29 is 24.2 Å². The number of carbonyl (C=O) groups is 3. The third-order valence-electron chi connectivity index (χ3n) is 8.40. The van der Waals surface area contributed by atoms with Crippen LogP contribution in [0.2, 0.25) is 0 Å². The molecule has 0 radical (unpaired) electrons. The first-order valence-corrected chi connectivity index (χ1v) is 14.3. The fourth-order valence-electron chi connectivity index (χ4n) is 6.78. The molecule has 3 aliphatic rings. The Morgan fingerprint density at radius 3 is 2.67 bits per heavy atom. The van der Waals surface area contributed by atoms with Crippen LogP contribution >= 0.6 is 11.8 Å². The molecule has 1 spiro atoms. The lowest BCUT2D eigenvalue weighted by Gasteiger charge is -2.34. The Morgan fingerprint density at radius 1 is 1.15 bits per heavy atom. The summed E-state index contributed by atoms with van der Waals surface area (Å²) in [5, 5.41) is 24.0. The Hall–Kier alpha value is -3.64. The molecule has 3 N–H and O–H groups in total. The highest BCUT2D eigenvalue weighted by molar-refractivity contribution is 8.02. The number of para-hydroxylation sites is 1. The summed E-state index contributed by atoms with van der Waals surface area (Å²) in [6.07, 6.45) is 1.33. The number of amides is 3. The summed E-state index contributed by atoms with van der Waals surface area (Å²) in [5.41, 5.74) is 2.11. The fourth-order valence-corrected chi connectivity index (χ4v) is 9.14. The number of rotatable bonds is 9. The number of aliphatic hydroxyl groups is 1. The lowest BCUT2D eigenvalue weighted by Crippen LogP contribution is -2.54. The highest BCUT2D eigenvalue weighted by Crippen LogP contribution is 2.71. The molecule has 1 aromatic heterocycles. The van der Waals surface area contributed by atoms with Crippen LogP contribution in [0.4, 0.5) is 5.69 Å². The third-order valence-corrected chi connectivity index (χ3v) is 10.4. The zero-order valence-electron chi connectivity index (χ0n) is 22.4. The molecule has 40 heavy (non-hydrogen) atoms.